The number of nitrogens with zero attached hydrogens (tertiary/aromatic N) is 1. The van der Waals surface area contributed by atoms with Gasteiger partial charge in [-0.25, -0.2) is 0 Å². The lowest BCUT2D eigenvalue weighted by atomic mass is 10.2. The van der Waals surface area contributed by atoms with Crippen molar-refractivity contribution in [2.75, 3.05) is 6.61 Å². The number of hydrogen-bond acceptors (Lipinski definition) is 4. The number of fused-ring (bicyclic) bond motifs is 1. The van der Waals surface area contributed by atoms with Crippen LogP contribution in [0, 0.1) is 10.1 Å². The Balaban J connectivity index is 2.41. The lowest BCUT2D eigenvalue weighted by Crippen LogP contribution is -2.27. The van der Waals surface area contributed by atoms with E-state index < -0.39 is 4.92 Å². The average molecular weight is 207 g/mol. The standard InChI is InChI=1S/C10H9NO4/c1-2-7-6-14-10-8(11(12)13)4-3-5-9(10)15-7/h2-5,7H,1,6H2. The molecule has 1 aromatic carbocycles. The second-order valence-electron chi connectivity index (χ2n) is 3.06. The molecule has 0 bridgehead atoms. The number of hydrogen-bond donors (Lipinski definition) is 0. The molecule has 0 saturated heterocycles. The Labute approximate surface area is 86.1 Å². The first-order valence-corrected chi connectivity index (χ1v) is 4.42. The molecule has 0 fully saturated rings. The molecule has 78 valence electrons. The average Bonchev–Trinajstić information content (AvgIpc) is 2.27. The van der Waals surface area contributed by atoms with E-state index in [1.165, 1.54) is 6.07 Å². The molecule has 1 aliphatic heterocycles. The van der Waals surface area contributed by atoms with Gasteiger partial charge in [-0.3, -0.25) is 10.1 Å². The Hall–Kier alpha value is -2.04. The number of para-hydroxylation sites is 1. The fourth-order valence-electron chi connectivity index (χ4n) is 1.36. The van der Waals surface area contributed by atoms with Crippen molar-refractivity contribution < 1.29 is 14.4 Å². The van der Waals surface area contributed by atoms with Crippen molar-refractivity contribution >= 4 is 5.69 Å². The van der Waals surface area contributed by atoms with Crippen molar-refractivity contribution in [2.45, 2.75) is 6.10 Å². The van der Waals surface area contributed by atoms with Crippen LogP contribution >= 0.6 is 0 Å². The maximum absolute atomic E-state index is 10.7. The second-order valence-corrected chi connectivity index (χ2v) is 3.06. The van der Waals surface area contributed by atoms with Crippen molar-refractivity contribution in [3.05, 3.63) is 41.0 Å². The van der Waals surface area contributed by atoms with E-state index in [-0.39, 0.29) is 24.1 Å². The third-order valence-corrected chi connectivity index (χ3v) is 2.09. The van der Waals surface area contributed by atoms with Crippen LogP contribution in [-0.2, 0) is 0 Å². The molecule has 5 nitrogen and oxygen atoms in total. The molecule has 2 rings (SSSR count). The second kappa shape index (κ2) is 3.61. The van der Waals surface area contributed by atoms with Crippen molar-refractivity contribution in [1.82, 2.24) is 0 Å². The zero-order chi connectivity index (χ0) is 10.8. The molecule has 0 amide bonds. The molecule has 15 heavy (non-hydrogen) atoms. The number of benzene rings is 1. The van der Waals surface area contributed by atoms with Crippen LogP contribution in [0.4, 0.5) is 5.69 Å². The lowest BCUT2D eigenvalue weighted by molar-refractivity contribution is -0.386. The zero-order valence-corrected chi connectivity index (χ0v) is 7.88. The van der Waals surface area contributed by atoms with Crippen LogP contribution < -0.4 is 9.47 Å². The van der Waals surface area contributed by atoms with E-state index in [4.69, 9.17) is 9.47 Å². The van der Waals surface area contributed by atoms with Crippen molar-refractivity contribution in [1.29, 1.82) is 0 Å². The van der Waals surface area contributed by atoms with Crippen LogP contribution in [0.1, 0.15) is 0 Å². The van der Waals surface area contributed by atoms with Gasteiger partial charge in [-0.05, 0) is 12.1 Å². The van der Waals surface area contributed by atoms with Gasteiger partial charge in [-0.15, -0.1) is 0 Å². The van der Waals surface area contributed by atoms with Gasteiger partial charge in [-0.1, -0.05) is 12.6 Å². The molecule has 5 heteroatoms. The highest BCUT2D eigenvalue weighted by molar-refractivity contribution is 5.56. The minimum Gasteiger partial charge on any atom is -0.480 e. The van der Waals surface area contributed by atoms with Gasteiger partial charge >= 0.3 is 5.69 Å². The van der Waals surface area contributed by atoms with E-state index in [9.17, 15) is 10.1 Å². The van der Waals surface area contributed by atoms with E-state index in [0.29, 0.717) is 5.75 Å². The van der Waals surface area contributed by atoms with Crippen LogP contribution in [0.2, 0.25) is 0 Å². The summed E-state index contributed by atoms with van der Waals surface area (Å²) < 4.78 is 10.7. The van der Waals surface area contributed by atoms with Gasteiger partial charge in [0.25, 0.3) is 0 Å². The fraction of sp³-hybridized carbons (Fsp3) is 0.200. The number of nitro groups is 1. The SMILES string of the molecule is C=CC1COc2c(cccc2[N+](=O)[O-])O1. The third kappa shape index (κ3) is 1.63. The topological polar surface area (TPSA) is 61.6 Å². The molecule has 0 spiro atoms. The van der Waals surface area contributed by atoms with Gasteiger partial charge in [0, 0.05) is 6.07 Å². The maximum atomic E-state index is 10.7. The predicted molar refractivity (Wildman–Crippen MR) is 53.2 cm³/mol. The Kier molecular flexibility index (Phi) is 2.29. The Morgan fingerprint density at radius 3 is 3.07 bits per heavy atom. The summed E-state index contributed by atoms with van der Waals surface area (Å²) in [7, 11) is 0. The highest BCUT2D eigenvalue weighted by atomic mass is 16.6. The third-order valence-electron chi connectivity index (χ3n) is 2.09. The normalized spacial score (nSPS) is 18.3. The first-order valence-electron chi connectivity index (χ1n) is 4.42. The quantitative estimate of drug-likeness (QED) is 0.422. The highest BCUT2D eigenvalue weighted by Gasteiger charge is 2.26. The minimum atomic E-state index is -0.490. The molecule has 1 unspecified atom stereocenters. The number of nitro benzene ring substituents is 1. The molecule has 0 aromatic heterocycles. The van der Waals surface area contributed by atoms with Gasteiger partial charge in [0.1, 0.15) is 6.61 Å². The van der Waals surface area contributed by atoms with E-state index in [2.05, 4.69) is 6.58 Å². The molecule has 0 N–H and O–H groups in total. The Morgan fingerprint density at radius 2 is 2.40 bits per heavy atom. The van der Waals surface area contributed by atoms with Gasteiger partial charge in [0.2, 0.25) is 5.75 Å². The maximum Gasteiger partial charge on any atom is 0.314 e. The monoisotopic (exact) mass is 207 g/mol. The summed E-state index contributed by atoms with van der Waals surface area (Å²) >= 11 is 0. The van der Waals surface area contributed by atoms with Crippen LogP contribution in [0.3, 0.4) is 0 Å². The summed E-state index contributed by atoms with van der Waals surface area (Å²) in [6.07, 6.45) is 1.35. The first kappa shape index (κ1) is 9.51. The molecule has 1 heterocycles. The molecular formula is C10H9NO4. The largest absolute Gasteiger partial charge is 0.480 e. The van der Waals surface area contributed by atoms with Gasteiger partial charge < -0.3 is 9.47 Å². The summed E-state index contributed by atoms with van der Waals surface area (Å²) in [5, 5.41) is 10.7. The van der Waals surface area contributed by atoms with E-state index in [0.717, 1.165) is 0 Å². The Bertz CT molecular complexity index is 416. The summed E-state index contributed by atoms with van der Waals surface area (Å²) in [6.45, 7) is 3.83. The van der Waals surface area contributed by atoms with Crippen molar-refractivity contribution in [3.63, 3.8) is 0 Å². The van der Waals surface area contributed by atoms with Gasteiger partial charge in [0.05, 0.1) is 4.92 Å². The lowest BCUT2D eigenvalue weighted by Gasteiger charge is -2.23. The van der Waals surface area contributed by atoms with E-state index in [1.54, 1.807) is 18.2 Å². The van der Waals surface area contributed by atoms with Crippen LogP contribution in [-0.4, -0.2) is 17.6 Å². The summed E-state index contributed by atoms with van der Waals surface area (Å²) in [6, 6.07) is 4.58. The Morgan fingerprint density at radius 1 is 1.60 bits per heavy atom. The number of ether oxygens (including phenoxy) is 2. The van der Waals surface area contributed by atoms with Gasteiger partial charge in [-0.2, -0.15) is 0 Å². The van der Waals surface area contributed by atoms with Gasteiger partial charge in [0.15, 0.2) is 11.9 Å². The molecule has 1 atom stereocenters. The smallest absolute Gasteiger partial charge is 0.314 e. The summed E-state index contributed by atoms with van der Waals surface area (Å²) in [5.74, 6) is 0.584. The minimum absolute atomic E-state index is 0.0741. The van der Waals surface area contributed by atoms with Crippen LogP contribution in [0.5, 0.6) is 11.5 Å². The van der Waals surface area contributed by atoms with E-state index >= 15 is 0 Å². The van der Waals surface area contributed by atoms with Crippen molar-refractivity contribution in [2.24, 2.45) is 0 Å². The van der Waals surface area contributed by atoms with Crippen LogP contribution in [0.15, 0.2) is 30.9 Å². The molecule has 0 radical (unpaired) electrons. The van der Waals surface area contributed by atoms with Crippen LogP contribution in [0.25, 0.3) is 0 Å². The predicted octanol–water partition coefficient (Wildman–Crippen LogP) is 1.92. The van der Waals surface area contributed by atoms with E-state index in [1.807, 2.05) is 0 Å². The molecule has 0 saturated carbocycles. The van der Waals surface area contributed by atoms with Crippen molar-refractivity contribution in [3.8, 4) is 11.5 Å². The molecule has 1 aliphatic rings. The first-order chi connectivity index (χ1) is 7.22. The molecule has 0 aliphatic carbocycles. The molecular weight excluding hydrogens is 198 g/mol. The summed E-state index contributed by atoms with van der Waals surface area (Å²) in [5.41, 5.74) is -0.0741. The highest BCUT2D eigenvalue weighted by Crippen LogP contribution is 2.39. The number of rotatable bonds is 2. The fourth-order valence-corrected chi connectivity index (χ4v) is 1.36. The zero-order valence-electron chi connectivity index (χ0n) is 7.88. The molecule has 1 aromatic rings. The summed E-state index contributed by atoms with van der Waals surface area (Å²) in [4.78, 5) is 10.2.